The van der Waals surface area contributed by atoms with Gasteiger partial charge < -0.3 is 15.4 Å². The molecule has 2 heterocycles. The maximum atomic E-state index is 13.7. The molecule has 9 heteroatoms. The molecule has 3 amide bonds. The number of hydrogen-bond donors (Lipinski definition) is 2. The maximum Gasteiger partial charge on any atom is 0.410 e. The number of nitrogens with one attached hydrogen (secondary N) is 2. The van der Waals surface area contributed by atoms with Crippen molar-refractivity contribution in [3.63, 3.8) is 0 Å². The van der Waals surface area contributed by atoms with Crippen molar-refractivity contribution in [2.75, 3.05) is 11.9 Å². The topological polar surface area (TPSA) is 106 Å². The van der Waals surface area contributed by atoms with Crippen molar-refractivity contribution < 1.29 is 19.1 Å². The van der Waals surface area contributed by atoms with Crippen LogP contribution in [0.15, 0.2) is 67.0 Å². The van der Waals surface area contributed by atoms with Gasteiger partial charge in [-0.15, -0.1) is 0 Å². The lowest BCUT2D eigenvalue weighted by atomic mass is 9.94. The SMILES string of the molecule is Cc1ccc(NC(=O)[C@H]2CCCCN2C(=O)OC(C)(C)C)cc1C(=O)N[C@H](C)c1cc(-c2cnn(C)c2)cc2ccccc12. The van der Waals surface area contributed by atoms with Gasteiger partial charge in [-0.3, -0.25) is 19.2 Å². The average molecular weight is 596 g/mol. The van der Waals surface area contributed by atoms with Gasteiger partial charge in [0, 0.05) is 36.6 Å². The fourth-order valence-electron chi connectivity index (χ4n) is 5.70. The predicted molar refractivity (Wildman–Crippen MR) is 172 cm³/mol. The number of benzene rings is 3. The van der Waals surface area contributed by atoms with Crippen LogP contribution in [0.3, 0.4) is 0 Å². The first-order valence-corrected chi connectivity index (χ1v) is 15.1. The Morgan fingerprint density at radius 2 is 1.80 bits per heavy atom. The molecule has 0 unspecified atom stereocenters. The Kier molecular flexibility index (Phi) is 8.76. The minimum Gasteiger partial charge on any atom is -0.444 e. The van der Waals surface area contributed by atoms with Gasteiger partial charge in [-0.25, -0.2) is 4.79 Å². The fraction of sp³-hybridized carbons (Fsp3) is 0.371. The van der Waals surface area contributed by atoms with Crippen LogP contribution in [0.25, 0.3) is 21.9 Å². The van der Waals surface area contributed by atoms with Crippen molar-refractivity contribution in [2.24, 2.45) is 7.05 Å². The third kappa shape index (κ3) is 6.93. The van der Waals surface area contributed by atoms with Gasteiger partial charge in [-0.05, 0) is 106 Å². The number of anilines is 1. The maximum absolute atomic E-state index is 13.7. The van der Waals surface area contributed by atoms with Crippen LogP contribution in [0.5, 0.6) is 0 Å². The van der Waals surface area contributed by atoms with Gasteiger partial charge >= 0.3 is 6.09 Å². The van der Waals surface area contributed by atoms with Crippen LogP contribution in [0.4, 0.5) is 10.5 Å². The van der Waals surface area contributed by atoms with E-state index in [1.54, 1.807) is 16.8 Å². The fourth-order valence-corrected chi connectivity index (χ4v) is 5.70. The summed E-state index contributed by atoms with van der Waals surface area (Å²) in [5, 5.41) is 12.6. The highest BCUT2D eigenvalue weighted by atomic mass is 16.6. The standard InChI is InChI=1S/C35H41N5O4/c1-22-14-15-27(38-33(42)31-13-9-10-16-40(31)34(43)44-35(3,4)5)19-29(22)32(41)37-23(2)30-18-25(26-20-36-39(6)21-26)17-24-11-7-8-12-28(24)30/h7-8,11-12,14-15,17-21,23,31H,9-10,13,16H2,1-6H3,(H,37,41)(H,38,42)/t23-,31-/m1/s1. The summed E-state index contributed by atoms with van der Waals surface area (Å²) in [6.45, 7) is 9.73. The van der Waals surface area contributed by atoms with Gasteiger partial charge in [-0.1, -0.05) is 30.3 Å². The van der Waals surface area contributed by atoms with Crippen molar-refractivity contribution in [2.45, 2.75) is 71.6 Å². The molecule has 44 heavy (non-hydrogen) atoms. The molecule has 1 aliphatic heterocycles. The molecule has 1 fully saturated rings. The number of fused-ring (bicyclic) bond motifs is 1. The summed E-state index contributed by atoms with van der Waals surface area (Å²) in [6.07, 6.45) is 5.52. The Morgan fingerprint density at radius 1 is 1.02 bits per heavy atom. The Balaban J connectivity index is 1.35. The second-order valence-electron chi connectivity index (χ2n) is 12.6. The van der Waals surface area contributed by atoms with Crippen LogP contribution >= 0.6 is 0 Å². The number of aryl methyl sites for hydroxylation is 2. The second kappa shape index (κ2) is 12.5. The van der Waals surface area contributed by atoms with Crippen LogP contribution < -0.4 is 10.6 Å². The van der Waals surface area contributed by atoms with Crippen molar-refractivity contribution in [3.8, 4) is 11.1 Å². The molecule has 0 saturated carbocycles. The van der Waals surface area contributed by atoms with E-state index < -0.39 is 17.7 Å². The predicted octanol–water partition coefficient (Wildman–Crippen LogP) is 6.77. The van der Waals surface area contributed by atoms with Crippen molar-refractivity contribution in [3.05, 3.63) is 83.7 Å². The van der Waals surface area contributed by atoms with Crippen molar-refractivity contribution in [1.29, 1.82) is 0 Å². The normalized spacial score (nSPS) is 16.0. The number of piperidine rings is 1. The Labute approximate surface area is 258 Å². The Morgan fingerprint density at radius 3 is 2.52 bits per heavy atom. The molecule has 5 rings (SSSR count). The van der Waals surface area contributed by atoms with Crippen LogP contribution in [0, 0.1) is 6.92 Å². The van der Waals surface area contributed by atoms with E-state index in [-0.39, 0.29) is 17.9 Å². The van der Waals surface area contributed by atoms with Crippen LogP contribution in [-0.4, -0.2) is 50.8 Å². The minimum atomic E-state index is -0.654. The summed E-state index contributed by atoms with van der Waals surface area (Å²) < 4.78 is 7.33. The van der Waals surface area contributed by atoms with E-state index in [2.05, 4.69) is 40.0 Å². The number of rotatable bonds is 6. The number of nitrogens with zero attached hydrogens (tertiary/aromatic N) is 3. The third-order valence-corrected chi connectivity index (χ3v) is 7.93. The van der Waals surface area contributed by atoms with Crippen molar-refractivity contribution >= 4 is 34.4 Å². The van der Waals surface area contributed by atoms with E-state index in [0.717, 1.165) is 45.9 Å². The monoisotopic (exact) mass is 595 g/mol. The zero-order valence-corrected chi connectivity index (χ0v) is 26.3. The van der Waals surface area contributed by atoms with Gasteiger partial charge in [0.2, 0.25) is 5.91 Å². The number of carbonyl (C=O) groups is 3. The molecular weight excluding hydrogens is 554 g/mol. The summed E-state index contributed by atoms with van der Waals surface area (Å²) in [5.74, 6) is -0.534. The molecule has 9 nitrogen and oxygen atoms in total. The molecule has 3 aromatic carbocycles. The lowest BCUT2D eigenvalue weighted by Gasteiger charge is -2.35. The lowest BCUT2D eigenvalue weighted by Crippen LogP contribution is -2.51. The van der Waals surface area contributed by atoms with E-state index >= 15 is 0 Å². The Bertz CT molecular complexity index is 1700. The van der Waals surface area contributed by atoms with Crippen LogP contribution in [0.1, 0.15) is 74.5 Å². The molecule has 0 aliphatic carbocycles. The highest BCUT2D eigenvalue weighted by molar-refractivity contribution is 6.00. The van der Waals surface area contributed by atoms with Gasteiger partial charge in [0.1, 0.15) is 11.6 Å². The molecule has 1 aliphatic rings. The lowest BCUT2D eigenvalue weighted by molar-refractivity contribution is -0.122. The molecule has 2 atom stereocenters. The molecule has 0 spiro atoms. The first kappa shape index (κ1) is 30.8. The molecular formula is C35H41N5O4. The summed E-state index contributed by atoms with van der Waals surface area (Å²) >= 11 is 0. The number of hydrogen-bond acceptors (Lipinski definition) is 5. The highest BCUT2D eigenvalue weighted by Gasteiger charge is 2.35. The molecule has 1 aromatic heterocycles. The number of ether oxygens (including phenoxy) is 1. The first-order valence-electron chi connectivity index (χ1n) is 15.1. The molecule has 4 aromatic rings. The minimum absolute atomic E-state index is 0.241. The molecule has 0 radical (unpaired) electrons. The van der Waals surface area contributed by atoms with Gasteiger partial charge in [0.05, 0.1) is 12.2 Å². The highest BCUT2D eigenvalue weighted by Crippen LogP contribution is 2.31. The van der Waals surface area contributed by atoms with Crippen molar-refractivity contribution in [1.82, 2.24) is 20.0 Å². The summed E-state index contributed by atoms with van der Waals surface area (Å²) in [7, 11) is 1.89. The van der Waals surface area contributed by atoms with Crippen LogP contribution in [-0.2, 0) is 16.6 Å². The molecule has 230 valence electrons. The summed E-state index contributed by atoms with van der Waals surface area (Å²) in [4.78, 5) is 41.4. The number of aromatic nitrogens is 2. The van der Waals surface area contributed by atoms with Gasteiger partial charge in [0.25, 0.3) is 5.91 Å². The zero-order chi connectivity index (χ0) is 31.6. The molecule has 2 N–H and O–H groups in total. The quantitative estimate of drug-likeness (QED) is 0.256. The number of likely N-dealkylation sites (tertiary alicyclic amines) is 1. The van der Waals surface area contributed by atoms with E-state index in [4.69, 9.17) is 4.74 Å². The number of amides is 3. The average Bonchev–Trinajstić information content (AvgIpc) is 3.42. The smallest absolute Gasteiger partial charge is 0.410 e. The van der Waals surface area contributed by atoms with E-state index in [0.29, 0.717) is 24.2 Å². The summed E-state index contributed by atoms with van der Waals surface area (Å²) in [5.41, 5.74) is 4.12. The molecule has 0 bridgehead atoms. The van der Waals surface area contributed by atoms with Crippen LogP contribution in [0.2, 0.25) is 0 Å². The summed E-state index contributed by atoms with van der Waals surface area (Å²) in [6, 6.07) is 16.7. The van der Waals surface area contributed by atoms with E-state index in [1.807, 2.05) is 72.3 Å². The molecule has 1 saturated heterocycles. The first-order chi connectivity index (χ1) is 20.9. The van der Waals surface area contributed by atoms with E-state index in [1.165, 1.54) is 4.90 Å². The van der Waals surface area contributed by atoms with Gasteiger partial charge in [-0.2, -0.15) is 5.10 Å². The third-order valence-electron chi connectivity index (χ3n) is 7.93. The second-order valence-corrected chi connectivity index (χ2v) is 12.6. The Hall–Kier alpha value is -4.66. The largest absolute Gasteiger partial charge is 0.444 e. The van der Waals surface area contributed by atoms with Gasteiger partial charge in [0.15, 0.2) is 0 Å². The van der Waals surface area contributed by atoms with E-state index in [9.17, 15) is 14.4 Å². The zero-order valence-electron chi connectivity index (χ0n) is 26.3. The number of carbonyl (C=O) groups excluding carboxylic acids is 3.